The van der Waals surface area contributed by atoms with E-state index in [2.05, 4.69) is 6.07 Å². The van der Waals surface area contributed by atoms with Gasteiger partial charge in [0.1, 0.15) is 18.2 Å². The molecule has 2 saturated heterocycles. The maximum atomic E-state index is 12.8. The van der Waals surface area contributed by atoms with Gasteiger partial charge in [0.15, 0.2) is 0 Å². The number of carbonyl (C=O) groups is 2. The Morgan fingerprint density at radius 3 is 2.75 bits per heavy atom. The number of benzene rings is 1. The Balaban J connectivity index is 1.73. The number of rotatable bonds is 2. The minimum Gasteiger partial charge on any atom is -0.365 e. The number of hydrogen-bond acceptors (Lipinski definition) is 4. The molecule has 0 bridgehead atoms. The lowest BCUT2D eigenvalue weighted by molar-refractivity contribution is -0.163. The Kier molecular flexibility index (Phi) is 4.54. The summed E-state index contributed by atoms with van der Waals surface area (Å²) in [5.41, 5.74) is 0.260. The molecular weight excluding hydrogens is 306 g/mol. The van der Waals surface area contributed by atoms with Crippen LogP contribution in [0.3, 0.4) is 0 Å². The molecule has 1 aromatic carbocycles. The number of nitrogens with zero attached hydrogens (tertiary/aromatic N) is 3. The topological polar surface area (TPSA) is 73.6 Å². The lowest BCUT2D eigenvalue weighted by atomic mass is 9.94. The number of nitriles is 1. The van der Waals surface area contributed by atoms with Crippen molar-refractivity contribution in [3.8, 4) is 6.07 Å². The zero-order valence-corrected chi connectivity index (χ0v) is 13.8. The van der Waals surface area contributed by atoms with Gasteiger partial charge in [0.05, 0.1) is 11.3 Å². The third kappa shape index (κ3) is 3.00. The molecule has 6 nitrogen and oxygen atoms in total. The van der Waals surface area contributed by atoms with E-state index < -0.39 is 5.60 Å². The van der Waals surface area contributed by atoms with Gasteiger partial charge in [0, 0.05) is 19.7 Å². The van der Waals surface area contributed by atoms with Crippen LogP contribution >= 0.6 is 0 Å². The van der Waals surface area contributed by atoms with Crippen LogP contribution in [0.15, 0.2) is 24.3 Å². The van der Waals surface area contributed by atoms with Gasteiger partial charge in [-0.25, -0.2) is 0 Å². The van der Waals surface area contributed by atoms with Crippen molar-refractivity contribution >= 4 is 17.5 Å². The van der Waals surface area contributed by atoms with Crippen LogP contribution < -0.4 is 4.90 Å². The molecule has 2 aliphatic heterocycles. The van der Waals surface area contributed by atoms with Crippen LogP contribution in [0.25, 0.3) is 0 Å². The van der Waals surface area contributed by atoms with Crippen LogP contribution in [0.1, 0.15) is 31.7 Å². The molecule has 2 amide bonds. The second kappa shape index (κ2) is 6.62. The van der Waals surface area contributed by atoms with Crippen LogP contribution in [0.5, 0.6) is 0 Å². The molecule has 2 aliphatic rings. The average molecular weight is 327 g/mol. The SMILES string of the molecule is C[C@@]1(C(=O)N2CCN(c3ccccc3C#N)C(=O)C2)CCCCO1. The smallest absolute Gasteiger partial charge is 0.255 e. The standard InChI is InChI=1S/C18H21N3O3/c1-18(8-4-5-11-24-18)17(23)20-9-10-21(16(22)13-20)15-7-3-2-6-14(15)12-19/h2-3,6-7H,4-5,8-11,13H2,1H3/t18-/m0/s1. The number of piperazine rings is 1. The minimum absolute atomic E-state index is 0.0253. The fourth-order valence-corrected chi connectivity index (χ4v) is 3.34. The van der Waals surface area contributed by atoms with E-state index in [-0.39, 0.29) is 18.4 Å². The first-order valence-electron chi connectivity index (χ1n) is 8.28. The zero-order valence-electron chi connectivity index (χ0n) is 13.8. The van der Waals surface area contributed by atoms with Gasteiger partial charge in [0.2, 0.25) is 5.91 Å². The van der Waals surface area contributed by atoms with Gasteiger partial charge in [-0.15, -0.1) is 0 Å². The summed E-state index contributed by atoms with van der Waals surface area (Å²) in [6.07, 6.45) is 2.63. The van der Waals surface area contributed by atoms with E-state index in [0.29, 0.717) is 37.4 Å². The summed E-state index contributed by atoms with van der Waals surface area (Å²) in [6, 6.07) is 9.14. The quantitative estimate of drug-likeness (QED) is 0.828. The van der Waals surface area contributed by atoms with Crippen LogP contribution in [0, 0.1) is 11.3 Å². The van der Waals surface area contributed by atoms with E-state index in [1.807, 2.05) is 6.92 Å². The normalized spacial score (nSPS) is 24.6. The molecule has 126 valence electrons. The average Bonchev–Trinajstić information content (AvgIpc) is 2.61. The van der Waals surface area contributed by atoms with Crippen LogP contribution in [0.4, 0.5) is 5.69 Å². The fraction of sp³-hybridized carbons (Fsp3) is 0.500. The van der Waals surface area contributed by atoms with Crippen LogP contribution in [0.2, 0.25) is 0 Å². The lowest BCUT2D eigenvalue weighted by Crippen LogP contribution is -2.58. The minimum atomic E-state index is -0.814. The van der Waals surface area contributed by atoms with Crippen molar-refractivity contribution in [3.05, 3.63) is 29.8 Å². The van der Waals surface area contributed by atoms with E-state index in [0.717, 1.165) is 12.8 Å². The van der Waals surface area contributed by atoms with Crippen LogP contribution in [-0.2, 0) is 14.3 Å². The monoisotopic (exact) mass is 327 g/mol. The van der Waals surface area contributed by atoms with E-state index in [9.17, 15) is 14.9 Å². The molecule has 0 aliphatic carbocycles. The summed E-state index contributed by atoms with van der Waals surface area (Å²) in [5.74, 6) is -0.277. The maximum Gasteiger partial charge on any atom is 0.255 e. The molecule has 2 heterocycles. The van der Waals surface area contributed by atoms with E-state index in [4.69, 9.17) is 4.74 Å². The Morgan fingerprint density at radius 2 is 2.08 bits per heavy atom. The van der Waals surface area contributed by atoms with Crippen LogP contribution in [-0.4, -0.2) is 48.6 Å². The first kappa shape index (κ1) is 16.5. The number of para-hydroxylation sites is 1. The third-order valence-electron chi connectivity index (χ3n) is 4.74. The molecule has 24 heavy (non-hydrogen) atoms. The van der Waals surface area contributed by atoms with Crippen molar-refractivity contribution in [1.29, 1.82) is 5.26 Å². The van der Waals surface area contributed by atoms with Crippen molar-refractivity contribution in [1.82, 2.24) is 4.90 Å². The molecule has 1 atom stereocenters. The summed E-state index contributed by atoms with van der Waals surface area (Å²) in [7, 11) is 0. The molecule has 0 aromatic heterocycles. The maximum absolute atomic E-state index is 12.8. The van der Waals surface area contributed by atoms with Gasteiger partial charge in [-0.3, -0.25) is 9.59 Å². The Labute approximate surface area is 141 Å². The molecule has 1 aromatic rings. The fourth-order valence-electron chi connectivity index (χ4n) is 3.34. The number of amides is 2. The van der Waals surface area contributed by atoms with Crippen molar-refractivity contribution in [2.45, 2.75) is 31.8 Å². The van der Waals surface area contributed by atoms with E-state index in [1.54, 1.807) is 34.1 Å². The first-order chi connectivity index (χ1) is 11.5. The highest BCUT2D eigenvalue weighted by Gasteiger charge is 2.41. The van der Waals surface area contributed by atoms with Crippen molar-refractivity contribution in [3.63, 3.8) is 0 Å². The summed E-state index contributed by atoms with van der Waals surface area (Å²) in [4.78, 5) is 28.5. The number of ether oxygens (including phenoxy) is 1. The predicted octanol–water partition coefficient (Wildman–Crippen LogP) is 1.69. The van der Waals surface area contributed by atoms with Gasteiger partial charge in [-0.05, 0) is 38.3 Å². The molecule has 3 rings (SSSR count). The molecule has 2 fully saturated rings. The predicted molar refractivity (Wildman–Crippen MR) is 88.3 cm³/mol. The van der Waals surface area contributed by atoms with E-state index >= 15 is 0 Å². The van der Waals surface area contributed by atoms with Crippen molar-refractivity contribution < 1.29 is 14.3 Å². The Morgan fingerprint density at radius 1 is 1.29 bits per heavy atom. The van der Waals surface area contributed by atoms with Gasteiger partial charge in [-0.1, -0.05) is 12.1 Å². The highest BCUT2D eigenvalue weighted by atomic mass is 16.5. The number of hydrogen-bond donors (Lipinski definition) is 0. The van der Waals surface area contributed by atoms with Gasteiger partial charge in [-0.2, -0.15) is 5.26 Å². The van der Waals surface area contributed by atoms with Crippen molar-refractivity contribution in [2.75, 3.05) is 31.1 Å². The highest BCUT2D eigenvalue weighted by molar-refractivity contribution is 5.99. The first-order valence-corrected chi connectivity index (χ1v) is 8.28. The number of anilines is 1. The summed E-state index contributed by atoms with van der Waals surface area (Å²) < 4.78 is 5.70. The highest BCUT2D eigenvalue weighted by Crippen LogP contribution is 2.28. The Hall–Kier alpha value is -2.39. The van der Waals surface area contributed by atoms with Gasteiger partial charge in [0.25, 0.3) is 5.91 Å². The van der Waals surface area contributed by atoms with Crippen molar-refractivity contribution in [2.24, 2.45) is 0 Å². The van der Waals surface area contributed by atoms with E-state index in [1.165, 1.54) is 0 Å². The zero-order chi connectivity index (χ0) is 17.2. The molecule has 6 heteroatoms. The summed E-state index contributed by atoms with van der Waals surface area (Å²) >= 11 is 0. The number of carbonyl (C=O) groups excluding carboxylic acids is 2. The van der Waals surface area contributed by atoms with Gasteiger partial charge >= 0.3 is 0 Å². The van der Waals surface area contributed by atoms with Gasteiger partial charge < -0.3 is 14.5 Å². The second-order valence-electron chi connectivity index (χ2n) is 6.44. The molecule has 0 radical (unpaired) electrons. The summed E-state index contributed by atoms with van der Waals surface area (Å²) in [6.45, 7) is 3.27. The molecule has 0 unspecified atom stereocenters. The summed E-state index contributed by atoms with van der Waals surface area (Å²) in [5, 5.41) is 9.21. The largest absolute Gasteiger partial charge is 0.365 e. The Bertz CT molecular complexity index is 689. The second-order valence-corrected chi connectivity index (χ2v) is 6.44. The molecular formula is C18H21N3O3. The molecule has 0 spiro atoms. The third-order valence-corrected chi connectivity index (χ3v) is 4.74. The molecule has 0 N–H and O–H groups in total. The lowest BCUT2D eigenvalue weighted by Gasteiger charge is -2.40. The molecule has 0 saturated carbocycles.